The Labute approximate surface area is 459 Å². The normalized spacial score (nSPS) is 13.5. The van der Waals surface area contributed by atoms with Gasteiger partial charge in [-0.2, -0.15) is 0 Å². The molecule has 0 radical (unpaired) electrons. The van der Waals surface area contributed by atoms with Crippen LogP contribution in [0.2, 0.25) is 0 Å². The van der Waals surface area contributed by atoms with Gasteiger partial charge in [0, 0.05) is 19.3 Å². The van der Waals surface area contributed by atoms with Gasteiger partial charge in [0.25, 0.3) is 0 Å². The Hall–Kier alpha value is -5.49. The van der Waals surface area contributed by atoms with Crippen molar-refractivity contribution < 1.29 is 28.6 Å². The number of esters is 3. The molecule has 0 aliphatic carbocycles. The molecule has 0 bridgehead atoms. The van der Waals surface area contributed by atoms with Gasteiger partial charge in [-0.05, 0) is 122 Å². The van der Waals surface area contributed by atoms with Gasteiger partial charge in [-0.15, -0.1) is 0 Å². The largest absolute Gasteiger partial charge is 0.462 e. The number of hydrogen-bond donors (Lipinski definition) is 0. The molecule has 1 atom stereocenters. The number of hydrogen-bond acceptors (Lipinski definition) is 6. The van der Waals surface area contributed by atoms with Gasteiger partial charge >= 0.3 is 17.9 Å². The summed E-state index contributed by atoms with van der Waals surface area (Å²) in [7, 11) is 0. The van der Waals surface area contributed by atoms with Crippen molar-refractivity contribution in [2.45, 2.75) is 219 Å². The Morgan fingerprint density at radius 1 is 0.280 bits per heavy atom. The predicted octanol–water partition coefficient (Wildman–Crippen LogP) is 20.1. The van der Waals surface area contributed by atoms with E-state index < -0.39 is 12.1 Å². The van der Waals surface area contributed by atoms with Crippen molar-refractivity contribution in [3.63, 3.8) is 0 Å². The summed E-state index contributed by atoms with van der Waals surface area (Å²) in [6.07, 6.45) is 92.0. The van der Waals surface area contributed by atoms with E-state index in [4.69, 9.17) is 14.2 Å². The first kappa shape index (κ1) is 69.5. The van der Waals surface area contributed by atoms with Gasteiger partial charge in [-0.3, -0.25) is 14.4 Å². The summed E-state index contributed by atoms with van der Waals surface area (Å²) in [5.41, 5.74) is 0. The van der Waals surface area contributed by atoms with Crippen molar-refractivity contribution in [2.75, 3.05) is 13.2 Å². The van der Waals surface area contributed by atoms with Crippen LogP contribution in [0.25, 0.3) is 0 Å². The average Bonchev–Trinajstić information content (AvgIpc) is 3.41. The van der Waals surface area contributed by atoms with E-state index >= 15 is 0 Å². The van der Waals surface area contributed by atoms with Crippen LogP contribution in [-0.4, -0.2) is 37.2 Å². The minimum Gasteiger partial charge on any atom is -0.462 e. The third-order valence-corrected chi connectivity index (χ3v) is 11.4. The zero-order chi connectivity index (χ0) is 54.3. The number of rotatable bonds is 50. The molecule has 0 aromatic carbocycles. The molecule has 0 fully saturated rings. The fourth-order valence-electron chi connectivity index (χ4n) is 7.11. The fraction of sp³-hybridized carbons (Fsp3) is 0.522. The van der Waals surface area contributed by atoms with Crippen molar-refractivity contribution >= 4 is 17.9 Å². The Bertz CT molecular complexity index is 1800. The van der Waals surface area contributed by atoms with E-state index in [-0.39, 0.29) is 38.0 Å². The van der Waals surface area contributed by atoms with Gasteiger partial charge < -0.3 is 14.2 Å². The lowest BCUT2D eigenvalue weighted by Crippen LogP contribution is -2.30. The lowest BCUT2D eigenvalue weighted by molar-refractivity contribution is -0.166. The molecule has 0 heterocycles. The average molecular weight is 1030 g/mol. The summed E-state index contributed by atoms with van der Waals surface area (Å²) in [4.78, 5) is 38.0. The van der Waals surface area contributed by atoms with Crippen molar-refractivity contribution in [2.24, 2.45) is 0 Å². The highest BCUT2D eigenvalue weighted by Gasteiger charge is 2.19. The molecule has 416 valence electrons. The lowest BCUT2D eigenvalue weighted by Gasteiger charge is -2.18. The molecule has 0 aromatic heterocycles. The fourth-order valence-corrected chi connectivity index (χ4v) is 7.11. The lowest BCUT2D eigenvalue weighted by atomic mass is 10.1. The van der Waals surface area contributed by atoms with Crippen LogP contribution in [0.5, 0.6) is 0 Å². The van der Waals surface area contributed by atoms with Gasteiger partial charge in [-0.1, -0.05) is 254 Å². The Morgan fingerprint density at radius 2 is 0.547 bits per heavy atom. The number of carbonyl (C=O) groups is 3. The summed E-state index contributed by atoms with van der Waals surface area (Å²) in [6.45, 7) is 6.25. The van der Waals surface area contributed by atoms with Crippen molar-refractivity contribution in [3.05, 3.63) is 182 Å². The van der Waals surface area contributed by atoms with E-state index in [0.29, 0.717) is 19.3 Å². The maximum atomic E-state index is 12.8. The number of ether oxygens (including phenoxy) is 3. The molecule has 0 saturated carbocycles. The van der Waals surface area contributed by atoms with Crippen LogP contribution < -0.4 is 0 Å². The summed E-state index contributed by atoms with van der Waals surface area (Å²) >= 11 is 0. The maximum absolute atomic E-state index is 12.8. The van der Waals surface area contributed by atoms with Gasteiger partial charge in [0.15, 0.2) is 6.10 Å². The third-order valence-electron chi connectivity index (χ3n) is 11.4. The highest BCUT2D eigenvalue weighted by atomic mass is 16.6. The monoisotopic (exact) mass is 1030 g/mol. The van der Waals surface area contributed by atoms with Crippen LogP contribution in [-0.2, 0) is 28.6 Å². The molecule has 6 heteroatoms. The Balaban J connectivity index is 4.49. The smallest absolute Gasteiger partial charge is 0.306 e. The zero-order valence-corrected chi connectivity index (χ0v) is 47.5. The summed E-state index contributed by atoms with van der Waals surface area (Å²) in [6, 6.07) is 0. The van der Waals surface area contributed by atoms with Crippen molar-refractivity contribution in [1.29, 1.82) is 0 Å². The first-order valence-electron chi connectivity index (χ1n) is 29.3. The molecule has 0 aliphatic rings. The van der Waals surface area contributed by atoms with Crippen LogP contribution in [0.1, 0.15) is 213 Å². The molecule has 75 heavy (non-hydrogen) atoms. The quantitative estimate of drug-likeness (QED) is 0.0261. The van der Waals surface area contributed by atoms with E-state index in [1.54, 1.807) is 0 Å². The van der Waals surface area contributed by atoms with Crippen molar-refractivity contribution in [3.8, 4) is 0 Å². The molecule has 6 nitrogen and oxygen atoms in total. The highest BCUT2D eigenvalue weighted by molar-refractivity contribution is 5.71. The molecule has 0 aromatic rings. The molecular weight excluding hydrogens is 925 g/mol. The second-order valence-electron chi connectivity index (χ2n) is 18.4. The molecule has 0 N–H and O–H groups in total. The van der Waals surface area contributed by atoms with Gasteiger partial charge in [0.1, 0.15) is 13.2 Å². The summed E-state index contributed by atoms with van der Waals surface area (Å²) in [5.74, 6) is -1.10. The van der Waals surface area contributed by atoms with Crippen LogP contribution in [0.4, 0.5) is 0 Å². The van der Waals surface area contributed by atoms with Gasteiger partial charge in [-0.25, -0.2) is 0 Å². The summed E-state index contributed by atoms with van der Waals surface area (Å²) < 4.78 is 16.7. The van der Waals surface area contributed by atoms with E-state index in [1.807, 2.05) is 12.2 Å². The molecule has 0 amide bonds. The zero-order valence-electron chi connectivity index (χ0n) is 47.5. The van der Waals surface area contributed by atoms with E-state index in [2.05, 4.69) is 191 Å². The van der Waals surface area contributed by atoms with Gasteiger partial charge in [0.05, 0.1) is 0 Å². The van der Waals surface area contributed by atoms with Crippen LogP contribution in [0, 0.1) is 0 Å². The minimum atomic E-state index is -0.850. The van der Waals surface area contributed by atoms with Crippen LogP contribution in [0.3, 0.4) is 0 Å². The molecule has 0 saturated heterocycles. The van der Waals surface area contributed by atoms with E-state index in [0.717, 1.165) is 122 Å². The second-order valence-corrected chi connectivity index (χ2v) is 18.4. The molecule has 0 aliphatic heterocycles. The Morgan fingerprint density at radius 3 is 0.867 bits per heavy atom. The predicted molar refractivity (Wildman–Crippen MR) is 324 cm³/mol. The summed E-state index contributed by atoms with van der Waals surface area (Å²) in [5, 5.41) is 0. The highest BCUT2D eigenvalue weighted by Crippen LogP contribution is 2.12. The topological polar surface area (TPSA) is 78.9 Å². The molecule has 1 unspecified atom stereocenters. The number of carbonyl (C=O) groups excluding carboxylic acids is 3. The van der Waals surface area contributed by atoms with E-state index in [1.165, 1.54) is 38.5 Å². The second kappa shape index (κ2) is 61.1. The Kier molecular flexibility index (Phi) is 56.6. The SMILES string of the molecule is CC/C=C\C/C=C\C/C=C\C/C=C\C/C=C\C/C=C\C/C=C\C/C=C\C/C=C\CCCC(=O)OCC(COC(=O)CCCCCCCCCCC)OC(=O)CC/C=C\C/C=C\C/C=C\C/C=C\C/C=C\C/C=C\CC. The van der Waals surface area contributed by atoms with E-state index in [9.17, 15) is 14.4 Å². The van der Waals surface area contributed by atoms with Crippen molar-refractivity contribution in [1.82, 2.24) is 0 Å². The molecular formula is C69H104O6. The van der Waals surface area contributed by atoms with Crippen LogP contribution in [0.15, 0.2) is 182 Å². The van der Waals surface area contributed by atoms with Gasteiger partial charge in [0.2, 0.25) is 0 Å². The number of unbranched alkanes of at least 4 members (excludes halogenated alkanes) is 9. The standard InChI is InChI=1S/C69H104O6/c1-4-7-10-13-16-19-21-23-25-27-29-30-31-32-33-34-35-36-37-38-40-41-43-45-47-50-53-56-59-62-68(71)74-65-66(64-73-67(70)61-58-55-52-49-18-15-12-9-6-3)75-69(72)63-60-57-54-51-48-46-44-42-39-28-26-24-22-20-17-14-11-8-5-2/h7-8,10-11,16-17,19-20,23-26,29-30,32-33,35-36,38-40,42-43,45-46,48,50,53-54,57,66H,4-6,9,12-15,18,21-22,27-28,31,34,37,41,44,47,49,51-52,55-56,58-65H2,1-3H3/b10-7-,11-8-,19-16-,20-17-,25-23-,26-24-,30-29-,33-32-,36-35-,40-38-,42-39-,45-43-,48-46-,53-50-,57-54-. The molecule has 0 rings (SSSR count). The first-order valence-corrected chi connectivity index (χ1v) is 29.3. The molecule has 0 spiro atoms. The van der Waals surface area contributed by atoms with Crippen LogP contribution >= 0.6 is 0 Å². The first-order chi connectivity index (χ1) is 37.0. The minimum absolute atomic E-state index is 0.134. The number of allylic oxidation sites excluding steroid dienone is 30. The maximum Gasteiger partial charge on any atom is 0.306 e. The third kappa shape index (κ3) is 59.3.